The Bertz CT molecular complexity index is 372. The normalized spacial score (nSPS) is 9.73. The zero-order chi connectivity index (χ0) is 11.3. The number of allylic oxidation sites excluding steroid dienone is 1. The number of aldehydes is 1. The van der Waals surface area contributed by atoms with Crippen molar-refractivity contribution >= 4 is 17.9 Å². The van der Waals surface area contributed by atoms with Crippen LogP contribution in [-0.4, -0.2) is 12.9 Å². The van der Waals surface area contributed by atoms with Crippen molar-refractivity contribution in [3.05, 3.63) is 40.9 Å². The summed E-state index contributed by atoms with van der Waals surface area (Å²) in [6.45, 7) is 6.09. The molecule has 0 aliphatic heterocycles. The maximum atomic E-state index is 10.7. The maximum Gasteiger partial charge on any atom is 0.150 e. The largest absolute Gasteiger partial charge is 0.492 e. The van der Waals surface area contributed by atoms with Crippen molar-refractivity contribution in [1.82, 2.24) is 0 Å². The van der Waals surface area contributed by atoms with E-state index in [-0.39, 0.29) is 0 Å². The van der Waals surface area contributed by atoms with Gasteiger partial charge in [0, 0.05) is 11.1 Å². The average molecular weight is 225 g/mol. The van der Waals surface area contributed by atoms with Crippen LogP contribution >= 0.6 is 11.6 Å². The monoisotopic (exact) mass is 224 g/mol. The van der Waals surface area contributed by atoms with Crippen LogP contribution in [0, 0.1) is 0 Å². The Hall–Kier alpha value is -1.28. The molecule has 0 aliphatic rings. The minimum absolute atomic E-state index is 0.471. The second kappa shape index (κ2) is 5.56. The molecule has 1 aromatic carbocycles. The van der Waals surface area contributed by atoms with Gasteiger partial charge in [-0.2, -0.15) is 0 Å². The van der Waals surface area contributed by atoms with E-state index >= 15 is 0 Å². The van der Waals surface area contributed by atoms with E-state index in [1.165, 1.54) is 0 Å². The molecular weight excluding hydrogens is 212 g/mol. The highest BCUT2D eigenvalue weighted by Crippen LogP contribution is 2.30. The molecule has 0 saturated carbocycles. The molecule has 0 aliphatic carbocycles. The Morgan fingerprint density at radius 2 is 2.27 bits per heavy atom. The van der Waals surface area contributed by atoms with Gasteiger partial charge in [0.25, 0.3) is 0 Å². The Kier molecular flexibility index (Phi) is 4.37. The van der Waals surface area contributed by atoms with Gasteiger partial charge in [-0.15, -0.1) is 6.58 Å². The standard InChI is InChI=1S/C12H13ClO2/c1-3-5-10-6-9(8-14)7-11(13)12(10)15-4-2/h3,6-8H,1,4-5H2,2H3. The molecule has 80 valence electrons. The molecule has 1 rings (SSSR count). The Morgan fingerprint density at radius 1 is 1.53 bits per heavy atom. The SMILES string of the molecule is C=CCc1cc(C=O)cc(Cl)c1OCC. The van der Waals surface area contributed by atoms with E-state index in [0.717, 1.165) is 11.8 Å². The first-order valence-corrected chi connectivity index (χ1v) is 5.12. The molecule has 15 heavy (non-hydrogen) atoms. The molecule has 0 heterocycles. The first-order valence-electron chi connectivity index (χ1n) is 4.74. The van der Waals surface area contributed by atoms with Crippen molar-refractivity contribution in [1.29, 1.82) is 0 Å². The van der Waals surface area contributed by atoms with Gasteiger partial charge in [-0.1, -0.05) is 17.7 Å². The molecule has 0 bridgehead atoms. The van der Waals surface area contributed by atoms with E-state index in [9.17, 15) is 4.79 Å². The number of benzene rings is 1. The smallest absolute Gasteiger partial charge is 0.150 e. The second-order valence-electron chi connectivity index (χ2n) is 3.03. The summed E-state index contributed by atoms with van der Waals surface area (Å²) >= 11 is 6.01. The third-order valence-corrected chi connectivity index (χ3v) is 2.21. The fourth-order valence-corrected chi connectivity index (χ4v) is 1.66. The number of carbonyl (C=O) groups excluding carboxylic acids is 1. The van der Waals surface area contributed by atoms with Crippen LogP contribution in [0.3, 0.4) is 0 Å². The summed E-state index contributed by atoms with van der Waals surface area (Å²) in [7, 11) is 0. The summed E-state index contributed by atoms with van der Waals surface area (Å²) in [6.07, 6.45) is 3.16. The third-order valence-electron chi connectivity index (χ3n) is 1.93. The quantitative estimate of drug-likeness (QED) is 0.567. The van der Waals surface area contributed by atoms with Gasteiger partial charge < -0.3 is 4.74 Å². The topological polar surface area (TPSA) is 26.3 Å². The molecular formula is C12H13ClO2. The van der Waals surface area contributed by atoms with Crippen LogP contribution in [0.5, 0.6) is 5.75 Å². The van der Waals surface area contributed by atoms with E-state index < -0.39 is 0 Å². The van der Waals surface area contributed by atoms with Crippen LogP contribution in [0.15, 0.2) is 24.8 Å². The molecule has 0 radical (unpaired) electrons. The van der Waals surface area contributed by atoms with E-state index in [1.54, 1.807) is 18.2 Å². The summed E-state index contributed by atoms with van der Waals surface area (Å²) in [6, 6.07) is 3.37. The van der Waals surface area contributed by atoms with Crippen molar-refractivity contribution in [2.24, 2.45) is 0 Å². The molecule has 0 aromatic heterocycles. The summed E-state index contributed by atoms with van der Waals surface area (Å²) in [5.74, 6) is 0.643. The fourth-order valence-electron chi connectivity index (χ4n) is 1.35. The zero-order valence-electron chi connectivity index (χ0n) is 8.63. The van der Waals surface area contributed by atoms with Gasteiger partial charge in [-0.05, 0) is 25.5 Å². The van der Waals surface area contributed by atoms with Gasteiger partial charge in [-0.25, -0.2) is 0 Å². The second-order valence-corrected chi connectivity index (χ2v) is 3.44. The minimum Gasteiger partial charge on any atom is -0.492 e. The minimum atomic E-state index is 0.471. The van der Waals surface area contributed by atoms with Crippen LogP contribution in [0.4, 0.5) is 0 Å². The van der Waals surface area contributed by atoms with E-state index in [2.05, 4.69) is 6.58 Å². The molecule has 0 unspecified atom stereocenters. The predicted octanol–water partition coefficient (Wildman–Crippen LogP) is 3.28. The molecule has 0 atom stereocenters. The molecule has 0 amide bonds. The molecule has 0 N–H and O–H groups in total. The summed E-state index contributed by atoms with van der Waals surface area (Å²) in [5, 5.41) is 0.471. The molecule has 3 heteroatoms. The van der Waals surface area contributed by atoms with E-state index in [4.69, 9.17) is 16.3 Å². The fraction of sp³-hybridized carbons (Fsp3) is 0.250. The van der Waals surface area contributed by atoms with Crippen molar-refractivity contribution in [3.8, 4) is 5.75 Å². The lowest BCUT2D eigenvalue weighted by atomic mass is 10.1. The lowest BCUT2D eigenvalue weighted by molar-refractivity contribution is 0.112. The van der Waals surface area contributed by atoms with Crippen molar-refractivity contribution in [3.63, 3.8) is 0 Å². The lowest BCUT2D eigenvalue weighted by Crippen LogP contribution is -1.98. The van der Waals surface area contributed by atoms with Crippen molar-refractivity contribution in [2.75, 3.05) is 6.61 Å². The van der Waals surface area contributed by atoms with Crippen LogP contribution in [0.1, 0.15) is 22.8 Å². The summed E-state index contributed by atoms with van der Waals surface area (Å²) in [5.41, 5.74) is 1.45. The van der Waals surface area contributed by atoms with Crippen LogP contribution in [0.2, 0.25) is 5.02 Å². The number of carbonyl (C=O) groups is 1. The third kappa shape index (κ3) is 2.83. The average Bonchev–Trinajstić information content (AvgIpc) is 2.23. The van der Waals surface area contributed by atoms with Gasteiger partial charge in [0.1, 0.15) is 12.0 Å². The number of rotatable bonds is 5. The summed E-state index contributed by atoms with van der Waals surface area (Å²) < 4.78 is 5.42. The van der Waals surface area contributed by atoms with Crippen LogP contribution in [-0.2, 0) is 6.42 Å². The maximum absolute atomic E-state index is 10.7. The zero-order valence-corrected chi connectivity index (χ0v) is 9.38. The van der Waals surface area contributed by atoms with Gasteiger partial charge in [0.2, 0.25) is 0 Å². The predicted molar refractivity (Wildman–Crippen MR) is 61.9 cm³/mol. The first kappa shape index (κ1) is 11.8. The number of halogens is 1. The number of hydrogen-bond donors (Lipinski definition) is 0. The summed E-state index contributed by atoms with van der Waals surface area (Å²) in [4.78, 5) is 10.7. The molecule has 0 saturated heterocycles. The van der Waals surface area contributed by atoms with E-state index in [1.807, 2.05) is 6.92 Å². The highest BCUT2D eigenvalue weighted by atomic mass is 35.5. The molecule has 2 nitrogen and oxygen atoms in total. The lowest BCUT2D eigenvalue weighted by Gasteiger charge is -2.11. The highest BCUT2D eigenvalue weighted by molar-refractivity contribution is 6.32. The van der Waals surface area contributed by atoms with Crippen molar-refractivity contribution in [2.45, 2.75) is 13.3 Å². The molecule has 0 fully saturated rings. The highest BCUT2D eigenvalue weighted by Gasteiger charge is 2.09. The molecule has 1 aromatic rings. The van der Waals surface area contributed by atoms with Gasteiger partial charge >= 0.3 is 0 Å². The Labute approximate surface area is 94.5 Å². The Morgan fingerprint density at radius 3 is 2.80 bits per heavy atom. The number of hydrogen-bond acceptors (Lipinski definition) is 2. The van der Waals surface area contributed by atoms with Crippen LogP contribution < -0.4 is 4.74 Å². The van der Waals surface area contributed by atoms with Gasteiger partial charge in [0.15, 0.2) is 0 Å². The van der Waals surface area contributed by atoms with Gasteiger partial charge in [0.05, 0.1) is 11.6 Å². The first-order chi connectivity index (χ1) is 7.22. The van der Waals surface area contributed by atoms with Crippen LogP contribution in [0.25, 0.3) is 0 Å². The van der Waals surface area contributed by atoms with Gasteiger partial charge in [-0.3, -0.25) is 4.79 Å². The Balaban J connectivity index is 3.21. The van der Waals surface area contributed by atoms with E-state index in [0.29, 0.717) is 29.4 Å². The number of ether oxygens (including phenoxy) is 1. The molecule has 0 spiro atoms. The van der Waals surface area contributed by atoms with Crippen molar-refractivity contribution < 1.29 is 9.53 Å².